The molecule has 1 N–H and O–H groups in total. The Morgan fingerprint density at radius 1 is 1.39 bits per heavy atom. The fraction of sp³-hybridized carbons (Fsp3) is 0.364. The zero-order valence-electron chi connectivity index (χ0n) is 10.2. The van der Waals surface area contributed by atoms with Crippen LogP contribution in [-0.2, 0) is 6.54 Å². The number of anilines is 2. The van der Waals surface area contributed by atoms with Crippen LogP contribution in [0.25, 0.3) is 0 Å². The second kappa shape index (κ2) is 5.68. The standard InChI is InChI=1S/C11H14ClN5O/c1-3-13-10-14-9(12)15-11(16-10)17(2)7-8-5-4-6-18-8/h4-6H,3,7H2,1-2H3,(H,13,14,15,16). The van der Waals surface area contributed by atoms with Crippen molar-refractivity contribution < 1.29 is 4.42 Å². The molecule has 0 atom stereocenters. The minimum atomic E-state index is 0.169. The maximum absolute atomic E-state index is 5.86. The van der Waals surface area contributed by atoms with E-state index in [2.05, 4.69) is 20.3 Å². The Morgan fingerprint density at radius 3 is 2.89 bits per heavy atom. The van der Waals surface area contributed by atoms with Crippen molar-refractivity contribution in [3.05, 3.63) is 29.4 Å². The Labute approximate surface area is 110 Å². The van der Waals surface area contributed by atoms with Gasteiger partial charge in [-0.1, -0.05) is 0 Å². The number of hydrogen-bond donors (Lipinski definition) is 1. The molecular formula is C11H14ClN5O. The first-order chi connectivity index (χ1) is 8.69. The molecule has 2 rings (SSSR count). The maximum Gasteiger partial charge on any atom is 0.231 e. The number of halogens is 1. The Kier molecular flexibility index (Phi) is 3.99. The van der Waals surface area contributed by atoms with Gasteiger partial charge in [0.15, 0.2) is 0 Å². The van der Waals surface area contributed by atoms with Crippen LogP contribution in [0, 0.1) is 0 Å². The van der Waals surface area contributed by atoms with Gasteiger partial charge in [-0.15, -0.1) is 0 Å². The minimum Gasteiger partial charge on any atom is -0.467 e. The van der Waals surface area contributed by atoms with E-state index in [1.54, 1.807) is 6.26 Å². The van der Waals surface area contributed by atoms with Gasteiger partial charge in [-0.2, -0.15) is 15.0 Å². The summed E-state index contributed by atoms with van der Waals surface area (Å²) in [6, 6.07) is 3.73. The first-order valence-corrected chi connectivity index (χ1v) is 5.96. The number of hydrogen-bond acceptors (Lipinski definition) is 6. The molecule has 0 fully saturated rings. The summed E-state index contributed by atoms with van der Waals surface area (Å²) in [6.45, 7) is 3.25. The molecule has 2 aromatic heterocycles. The first kappa shape index (κ1) is 12.6. The molecule has 0 aliphatic heterocycles. The predicted molar refractivity (Wildman–Crippen MR) is 69.8 cm³/mol. The van der Waals surface area contributed by atoms with Crippen LogP contribution in [0.15, 0.2) is 22.8 Å². The molecule has 0 saturated heterocycles. The molecule has 0 aromatic carbocycles. The van der Waals surface area contributed by atoms with Crippen LogP contribution in [0.5, 0.6) is 0 Å². The Bertz CT molecular complexity index is 502. The van der Waals surface area contributed by atoms with E-state index in [4.69, 9.17) is 16.0 Å². The molecule has 6 nitrogen and oxygen atoms in total. The SMILES string of the molecule is CCNc1nc(Cl)nc(N(C)Cc2ccco2)n1. The van der Waals surface area contributed by atoms with Crippen LogP contribution in [0.3, 0.4) is 0 Å². The van der Waals surface area contributed by atoms with Crippen molar-refractivity contribution >= 4 is 23.5 Å². The molecule has 18 heavy (non-hydrogen) atoms. The molecule has 2 heterocycles. The highest BCUT2D eigenvalue weighted by Crippen LogP contribution is 2.15. The highest BCUT2D eigenvalue weighted by Gasteiger charge is 2.10. The maximum atomic E-state index is 5.86. The average molecular weight is 268 g/mol. The van der Waals surface area contributed by atoms with Crippen molar-refractivity contribution in [3.8, 4) is 0 Å². The number of nitrogens with one attached hydrogen (secondary N) is 1. The molecule has 0 aliphatic rings. The zero-order valence-corrected chi connectivity index (χ0v) is 11.0. The summed E-state index contributed by atoms with van der Waals surface area (Å²) in [4.78, 5) is 14.2. The van der Waals surface area contributed by atoms with Gasteiger partial charge < -0.3 is 14.6 Å². The first-order valence-electron chi connectivity index (χ1n) is 5.58. The van der Waals surface area contributed by atoms with Gasteiger partial charge in [0.2, 0.25) is 17.2 Å². The number of aromatic nitrogens is 3. The minimum absolute atomic E-state index is 0.169. The lowest BCUT2D eigenvalue weighted by Crippen LogP contribution is -2.20. The molecule has 2 aromatic rings. The summed E-state index contributed by atoms with van der Waals surface area (Å²) < 4.78 is 5.27. The predicted octanol–water partition coefficient (Wildman–Crippen LogP) is 2.19. The molecule has 0 spiro atoms. The number of furan rings is 1. The Balaban J connectivity index is 2.16. The van der Waals surface area contributed by atoms with Gasteiger partial charge in [0.05, 0.1) is 12.8 Å². The Hall–Kier alpha value is -1.82. The van der Waals surface area contributed by atoms with E-state index in [9.17, 15) is 0 Å². The van der Waals surface area contributed by atoms with Crippen molar-refractivity contribution in [1.82, 2.24) is 15.0 Å². The van der Waals surface area contributed by atoms with Crippen molar-refractivity contribution in [2.24, 2.45) is 0 Å². The van der Waals surface area contributed by atoms with Crippen molar-refractivity contribution in [2.75, 3.05) is 23.8 Å². The largest absolute Gasteiger partial charge is 0.467 e. The number of rotatable bonds is 5. The average Bonchev–Trinajstić information content (AvgIpc) is 2.81. The summed E-state index contributed by atoms with van der Waals surface area (Å²) in [6.07, 6.45) is 1.63. The molecule has 96 valence electrons. The summed E-state index contributed by atoms with van der Waals surface area (Å²) >= 11 is 5.86. The molecule has 0 saturated carbocycles. The lowest BCUT2D eigenvalue weighted by molar-refractivity contribution is 0.506. The van der Waals surface area contributed by atoms with Crippen LogP contribution in [-0.4, -0.2) is 28.5 Å². The molecule has 0 bridgehead atoms. The monoisotopic (exact) mass is 267 g/mol. The van der Waals surface area contributed by atoms with Crippen LogP contribution >= 0.6 is 11.6 Å². The van der Waals surface area contributed by atoms with E-state index in [-0.39, 0.29) is 5.28 Å². The molecule has 0 unspecified atom stereocenters. The van der Waals surface area contributed by atoms with Crippen LogP contribution in [0.2, 0.25) is 5.28 Å². The topological polar surface area (TPSA) is 67.1 Å². The lowest BCUT2D eigenvalue weighted by Gasteiger charge is -2.16. The lowest BCUT2D eigenvalue weighted by atomic mass is 10.4. The third-order valence-electron chi connectivity index (χ3n) is 2.25. The highest BCUT2D eigenvalue weighted by molar-refractivity contribution is 6.28. The van der Waals surface area contributed by atoms with Crippen molar-refractivity contribution in [3.63, 3.8) is 0 Å². The van der Waals surface area contributed by atoms with Crippen LogP contribution in [0.1, 0.15) is 12.7 Å². The zero-order chi connectivity index (χ0) is 13.0. The Morgan fingerprint density at radius 2 is 2.22 bits per heavy atom. The number of nitrogens with zero attached hydrogens (tertiary/aromatic N) is 4. The van der Waals surface area contributed by atoms with Gasteiger partial charge in [0, 0.05) is 13.6 Å². The summed E-state index contributed by atoms with van der Waals surface area (Å²) in [5, 5.41) is 3.17. The quantitative estimate of drug-likeness (QED) is 0.896. The van der Waals surface area contributed by atoms with E-state index in [0.29, 0.717) is 18.4 Å². The smallest absolute Gasteiger partial charge is 0.231 e. The van der Waals surface area contributed by atoms with Gasteiger partial charge in [-0.25, -0.2) is 0 Å². The molecule has 0 amide bonds. The van der Waals surface area contributed by atoms with Gasteiger partial charge >= 0.3 is 0 Å². The highest BCUT2D eigenvalue weighted by atomic mass is 35.5. The molecule has 0 radical (unpaired) electrons. The van der Waals surface area contributed by atoms with Crippen LogP contribution in [0.4, 0.5) is 11.9 Å². The normalized spacial score (nSPS) is 10.4. The summed E-state index contributed by atoms with van der Waals surface area (Å²) in [5.41, 5.74) is 0. The van der Waals surface area contributed by atoms with E-state index in [0.717, 1.165) is 12.3 Å². The van der Waals surface area contributed by atoms with Crippen LogP contribution < -0.4 is 10.2 Å². The summed E-state index contributed by atoms with van der Waals surface area (Å²) in [7, 11) is 1.86. The molecular weight excluding hydrogens is 254 g/mol. The van der Waals surface area contributed by atoms with E-state index in [1.165, 1.54) is 0 Å². The van der Waals surface area contributed by atoms with Gasteiger partial charge in [-0.3, -0.25) is 0 Å². The van der Waals surface area contributed by atoms with Gasteiger partial charge in [0.1, 0.15) is 5.76 Å². The van der Waals surface area contributed by atoms with Gasteiger partial charge in [0.25, 0.3) is 0 Å². The fourth-order valence-electron chi connectivity index (χ4n) is 1.45. The van der Waals surface area contributed by atoms with Crippen molar-refractivity contribution in [1.29, 1.82) is 0 Å². The van der Waals surface area contributed by atoms with Crippen molar-refractivity contribution in [2.45, 2.75) is 13.5 Å². The summed E-state index contributed by atoms with van der Waals surface area (Å²) in [5.74, 6) is 1.81. The van der Waals surface area contributed by atoms with E-state index >= 15 is 0 Å². The van der Waals surface area contributed by atoms with E-state index < -0.39 is 0 Å². The second-order valence-electron chi connectivity index (χ2n) is 3.69. The fourth-order valence-corrected chi connectivity index (χ4v) is 1.61. The van der Waals surface area contributed by atoms with Gasteiger partial charge in [-0.05, 0) is 30.7 Å². The molecule has 7 heteroatoms. The third-order valence-corrected chi connectivity index (χ3v) is 2.41. The van der Waals surface area contributed by atoms with E-state index in [1.807, 2.05) is 31.0 Å². The molecule has 0 aliphatic carbocycles. The third kappa shape index (κ3) is 3.10. The second-order valence-corrected chi connectivity index (χ2v) is 4.03.